The summed E-state index contributed by atoms with van der Waals surface area (Å²) in [4.78, 5) is 29.3. The largest absolute Gasteiger partial charge is 0.495 e. The predicted molar refractivity (Wildman–Crippen MR) is 99.9 cm³/mol. The zero-order valence-electron chi connectivity index (χ0n) is 14.6. The van der Waals surface area contributed by atoms with Crippen molar-refractivity contribution in [3.63, 3.8) is 0 Å². The van der Waals surface area contributed by atoms with Gasteiger partial charge in [-0.05, 0) is 49.2 Å². The van der Waals surface area contributed by atoms with Crippen molar-refractivity contribution in [3.05, 3.63) is 58.6 Å². The molecule has 26 heavy (non-hydrogen) atoms. The van der Waals surface area contributed by atoms with Gasteiger partial charge in [0.15, 0.2) is 0 Å². The third-order valence-corrected chi connectivity index (χ3v) is 5.33. The Balaban J connectivity index is 1.61. The van der Waals surface area contributed by atoms with Gasteiger partial charge in [-0.3, -0.25) is 9.59 Å². The lowest BCUT2D eigenvalue weighted by Crippen LogP contribution is -2.52. The number of nitrogens with zero attached hydrogens (tertiary/aromatic N) is 2. The Morgan fingerprint density at radius 3 is 2.73 bits per heavy atom. The van der Waals surface area contributed by atoms with E-state index < -0.39 is 6.04 Å². The highest BCUT2D eigenvalue weighted by atomic mass is 35.5. The Morgan fingerprint density at radius 2 is 2.04 bits per heavy atom. The lowest BCUT2D eigenvalue weighted by molar-refractivity contribution is -0.121. The van der Waals surface area contributed by atoms with Crippen molar-refractivity contribution in [2.75, 3.05) is 18.6 Å². The molecule has 2 aromatic rings. The summed E-state index contributed by atoms with van der Waals surface area (Å²) in [6.07, 6.45) is 0.641. The van der Waals surface area contributed by atoms with Gasteiger partial charge >= 0.3 is 0 Å². The Hall–Kier alpha value is -2.53. The third-order valence-electron chi connectivity index (χ3n) is 5.09. The number of rotatable bonds is 3. The molecule has 0 saturated carbocycles. The van der Waals surface area contributed by atoms with Crippen LogP contribution in [0.15, 0.2) is 42.5 Å². The second kappa shape index (κ2) is 6.32. The van der Waals surface area contributed by atoms with Gasteiger partial charge < -0.3 is 14.5 Å². The minimum absolute atomic E-state index is 0.0358. The van der Waals surface area contributed by atoms with Crippen LogP contribution < -0.4 is 9.64 Å². The molecule has 5 nitrogen and oxygen atoms in total. The summed E-state index contributed by atoms with van der Waals surface area (Å²) in [6, 6.07) is 12.2. The number of ether oxygens (including phenoxy) is 1. The third kappa shape index (κ3) is 2.63. The molecule has 6 heteroatoms. The molecule has 0 spiro atoms. The molecule has 2 fully saturated rings. The van der Waals surface area contributed by atoms with Crippen LogP contribution in [0.3, 0.4) is 0 Å². The molecule has 2 atom stereocenters. The van der Waals surface area contributed by atoms with E-state index in [4.69, 9.17) is 16.3 Å². The molecule has 2 amide bonds. The maximum atomic E-state index is 13.0. The normalized spacial score (nSPS) is 21.4. The molecule has 134 valence electrons. The second-order valence-corrected chi connectivity index (χ2v) is 7.19. The Morgan fingerprint density at radius 1 is 1.23 bits per heavy atom. The van der Waals surface area contributed by atoms with Crippen LogP contribution in [0.25, 0.3) is 0 Å². The van der Waals surface area contributed by atoms with Gasteiger partial charge in [-0.2, -0.15) is 0 Å². The van der Waals surface area contributed by atoms with Gasteiger partial charge in [0.25, 0.3) is 5.91 Å². The number of benzene rings is 2. The van der Waals surface area contributed by atoms with E-state index in [0.717, 1.165) is 11.3 Å². The van der Waals surface area contributed by atoms with E-state index in [1.54, 1.807) is 41.2 Å². The number of hydrogen-bond donors (Lipinski definition) is 0. The SMILES string of the molecule is COc1ccc(C)cc1N1C(=O)[C@@H]2C[C@H]1CN2C(=O)c1cccc(Cl)c1. The number of fused-ring (bicyclic) bond motifs is 2. The molecule has 2 aromatic carbocycles. The molecule has 0 radical (unpaired) electrons. The van der Waals surface area contributed by atoms with Crippen molar-refractivity contribution < 1.29 is 14.3 Å². The standard InChI is InChI=1S/C20H19ClN2O3/c1-12-6-7-18(26-2)16(8-12)23-15-10-17(20(23)25)22(11-15)19(24)13-4-3-5-14(21)9-13/h3-9,15,17H,10-11H2,1-2H3/t15-,17-/m0/s1. The number of anilines is 1. The molecule has 0 unspecified atom stereocenters. The minimum Gasteiger partial charge on any atom is -0.495 e. The molecule has 0 N–H and O–H groups in total. The van der Waals surface area contributed by atoms with Crippen molar-refractivity contribution in [1.82, 2.24) is 4.90 Å². The van der Waals surface area contributed by atoms with Crippen molar-refractivity contribution in [3.8, 4) is 5.75 Å². The van der Waals surface area contributed by atoms with Crippen LogP contribution in [0, 0.1) is 6.92 Å². The molecule has 0 aromatic heterocycles. The first-order chi connectivity index (χ1) is 12.5. The summed E-state index contributed by atoms with van der Waals surface area (Å²) < 4.78 is 5.44. The van der Waals surface area contributed by atoms with Gasteiger partial charge in [0.1, 0.15) is 11.8 Å². The van der Waals surface area contributed by atoms with E-state index in [2.05, 4.69) is 0 Å². The fourth-order valence-electron chi connectivity index (χ4n) is 3.89. The van der Waals surface area contributed by atoms with Gasteiger partial charge in [-0.1, -0.05) is 23.7 Å². The average Bonchev–Trinajstić information content (AvgIpc) is 3.19. The Labute approximate surface area is 157 Å². The van der Waals surface area contributed by atoms with Crippen LogP contribution in [0.4, 0.5) is 5.69 Å². The van der Waals surface area contributed by atoms with Crippen molar-refractivity contribution >= 4 is 29.1 Å². The summed E-state index contributed by atoms with van der Waals surface area (Å²) in [7, 11) is 1.60. The number of hydrogen-bond acceptors (Lipinski definition) is 3. The Kier molecular flexibility index (Phi) is 4.11. The smallest absolute Gasteiger partial charge is 0.254 e. The first-order valence-corrected chi connectivity index (χ1v) is 8.91. The Bertz CT molecular complexity index is 898. The highest BCUT2D eigenvalue weighted by Crippen LogP contribution is 2.40. The van der Waals surface area contributed by atoms with E-state index in [1.807, 2.05) is 25.1 Å². The quantitative estimate of drug-likeness (QED) is 0.833. The van der Waals surface area contributed by atoms with Crippen molar-refractivity contribution in [2.24, 2.45) is 0 Å². The lowest BCUT2D eigenvalue weighted by atomic mass is 10.1. The molecule has 2 heterocycles. The van der Waals surface area contributed by atoms with Crippen LogP contribution in [0.5, 0.6) is 5.75 Å². The molecule has 2 aliphatic rings. The molecule has 2 bridgehead atoms. The topological polar surface area (TPSA) is 49.9 Å². The van der Waals surface area contributed by atoms with Crippen LogP contribution >= 0.6 is 11.6 Å². The van der Waals surface area contributed by atoms with Crippen LogP contribution in [-0.2, 0) is 4.79 Å². The number of amides is 2. The summed E-state index contributed by atoms with van der Waals surface area (Å²) in [6.45, 7) is 2.50. The zero-order chi connectivity index (χ0) is 18.4. The second-order valence-electron chi connectivity index (χ2n) is 6.76. The first-order valence-electron chi connectivity index (χ1n) is 8.54. The number of methoxy groups -OCH3 is 1. The zero-order valence-corrected chi connectivity index (χ0v) is 15.4. The van der Waals surface area contributed by atoms with Crippen LogP contribution in [0.1, 0.15) is 22.3 Å². The average molecular weight is 371 g/mol. The summed E-state index contributed by atoms with van der Waals surface area (Å²) in [5, 5.41) is 0.512. The van der Waals surface area contributed by atoms with Crippen molar-refractivity contribution in [1.29, 1.82) is 0 Å². The van der Waals surface area contributed by atoms with Crippen molar-refractivity contribution in [2.45, 2.75) is 25.4 Å². The highest BCUT2D eigenvalue weighted by molar-refractivity contribution is 6.31. The van der Waals surface area contributed by atoms with E-state index in [9.17, 15) is 9.59 Å². The van der Waals surface area contributed by atoms with E-state index in [0.29, 0.717) is 29.3 Å². The van der Waals surface area contributed by atoms with Gasteiger partial charge in [-0.25, -0.2) is 0 Å². The number of carbonyl (C=O) groups excluding carboxylic acids is 2. The number of piperazine rings is 1. The predicted octanol–water partition coefficient (Wildman–Crippen LogP) is 3.29. The summed E-state index contributed by atoms with van der Waals surface area (Å²) in [5.74, 6) is 0.467. The first kappa shape index (κ1) is 16.9. The van der Waals surface area contributed by atoms with Gasteiger partial charge in [0.05, 0.1) is 18.8 Å². The van der Waals surface area contributed by atoms with E-state index in [1.165, 1.54) is 0 Å². The summed E-state index contributed by atoms with van der Waals surface area (Å²) >= 11 is 5.99. The monoisotopic (exact) mass is 370 g/mol. The van der Waals surface area contributed by atoms with E-state index >= 15 is 0 Å². The number of likely N-dealkylation sites (tertiary alicyclic amines) is 1. The van der Waals surface area contributed by atoms with Gasteiger partial charge in [0, 0.05) is 17.1 Å². The van der Waals surface area contributed by atoms with Gasteiger partial charge in [0.2, 0.25) is 5.91 Å². The fourth-order valence-corrected chi connectivity index (χ4v) is 4.08. The minimum atomic E-state index is -0.434. The highest BCUT2D eigenvalue weighted by Gasteiger charge is 2.52. The lowest BCUT2D eigenvalue weighted by Gasteiger charge is -2.34. The molecular weight excluding hydrogens is 352 g/mol. The van der Waals surface area contributed by atoms with Crippen LogP contribution in [-0.4, -0.2) is 42.5 Å². The molecule has 2 aliphatic heterocycles. The number of halogens is 1. The van der Waals surface area contributed by atoms with E-state index in [-0.39, 0.29) is 17.9 Å². The van der Waals surface area contributed by atoms with Gasteiger partial charge in [-0.15, -0.1) is 0 Å². The summed E-state index contributed by atoms with van der Waals surface area (Å²) in [5.41, 5.74) is 2.35. The molecule has 2 saturated heterocycles. The number of aryl methyl sites for hydroxylation is 1. The fraction of sp³-hybridized carbons (Fsp3) is 0.300. The molecule has 4 rings (SSSR count). The number of carbonyl (C=O) groups is 2. The maximum absolute atomic E-state index is 13.0. The van der Waals surface area contributed by atoms with Crippen LogP contribution in [0.2, 0.25) is 5.02 Å². The molecular formula is C20H19ClN2O3. The maximum Gasteiger partial charge on any atom is 0.254 e. The molecule has 0 aliphatic carbocycles.